The summed E-state index contributed by atoms with van der Waals surface area (Å²) in [6.07, 6.45) is 6.12. The van der Waals surface area contributed by atoms with Crippen LogP contribution in [0.2, 0.25) is 0 Å². The minimum absolute atomic E-state index is 0. The number of aromatic nitrogens is 2. The Hall–Kier alpha value is -1.21. The van der Waals surface area contributed by atoms with Crippen LogP contribution < -0.4 is 5.32 Å². The first-order chi connectivity index (χ1) is 11.3. The summed E-state index contributed by atoms with van der Waals surface area (Å²) in [4.78, 5) is 23.1. The van der Waals surface area contributed by atoms with Crippen molar-refractivity contribution in [3.05, 3.63) is 35.6 Å². The summed E-state index contributed by atoms with van der Waals surface area (Å²) in [5.41, 5.74) is 1.86. The molecule has 1 fully saturated rings. The Balaban J connectivity index is 0.00000156. The molecule has 138 valence electrons. The summed E-state index contributed by atoms with van der Waals surface area (Å²) in [5, 5.41) is 6.13. The zero-order valence-electron chi connectivity index (χ0n) is 14.2. The molecule has 3 rings (SSSR count). The number of carbonyl (C=O) groups is 1. The quantitative estimate of drug-likeness (QED) is 0.834. The van der Waals surface area contributed by atoms with Crippen molar-refractivity contribution in [2.45, 2.75) is 19.3 Å². The molecule has 1 aliphatic rings. The maximum Gasteiger partial charge on any atom is 0.228 e. The van der Waals surface area contributed by atoms with Gasteiger partial charge < -0.3 is 10.2 Å². The van der Waals surface area contributed by atoms with Gasteiger partial charge in [-0.25, -0.2) is 4.98 Å². The maximum absolute atomic E-state index is 12.4. The first kappa shape index (κ1) is 21.8. The molecule has 8 heteroatoms. The Kier molecular flexibility index (Phi) is 9.35. The summed E-state index contributed by atoms with van der Waals surface area (Å²) in [5.74, 6) is 0.886. The maximum atomic E-state index is 12.4. The molecule has 0 radical (unpaired) electrons. The molecule has 1 amide bonds. The number of thiazole rings is 1. The third-order valence-corrected chi connectivity index (χ3v) is 5.19. The van der Waals surface area contributed by atoms with Gasteiger partial charge in [0, 0.05) is 36.4 Å². The molecule has 0 saturated carbocycles. The van der Waals surface area contributed by atoms with E-state index < -0.39 is 0 Å². The van der Waals surface area contributed by atoms with E-state index >= 15 is 0 Å². The molecule has 0 atom stereocenters. The molecule has 2 aromatic heterocycles. The van der Waals surface area contributed by atoms with Crippen molar-refractivity contribution in [3.63, 3.8) is 0 Å². The number of piperidine rings is 1. The lowest BCUT2D eigenvalue weighted by atomic mass is 9.96. The van der Waals surface area contributed by atoms with Gasteiger partial charge in [-0.05, 0) is 44.5 Å². The number of nitrogens with zero attached hydrogens (tertiary/aromatic N) is 3. The molecule has 2 aromatic rings. The van der Waals surface area contributed by atoms with Crippen LogP contribution in [0.5, 0.6) is 0 Å². The zero-order valence-corrected chi connectivity index (χ0v) is 16.6. The molecular weight excluding hydrogens is 379 g/mol. The highest BCUT2D eigenvalue weighted by atomic mass is 35.5. The molecule has 0 aliphatic carbocycles. The van der Waals surface area contributed by atoms with E-state index in [2.05, 4.69) is 15.3 Å². The van der Waals surface area contributed by atoms with Crippen molar-refractivity contribution in [3.8, 4) is 10.6 Å². The number of hydrogen-bond acceptors (Lipinski definition) is 5. The van der Waals surface area contributed by atoms with Crippen LogP contribution in [0.15, 0.2) is 29.9 Å². The van der Waals surface area contributed by atoms with Gasteiger partial charge in [0.25, 0.3) is 0 Å². The first-order valence-electron chi connectivity index (χ1n) is 8.03. The van der Waals surface area contributed by atoms with Crippen molar-refractivity contribution < 1.29 is 4.79 Å². The average molecular weight is 403 g/mol. The lowest BCUT2D eigenvalue weighted by molar-refractivity contribution is -0.131. The van der Waals surface area contributed by atoms with Crippen LogP contribution in [0.4, 0.5) is 0 Å². The Morgan fingerprint density at radius 1 is 1.36 bits per heavy atom. The fourth-order valence-corrected chi connectivity index (χ4v) is 3.76. The predicted octanol–water partition coefficient (Wildman–Crippen LogP) is 3.05. The number of hydrogen-bond donors (Lipinski definition) is 1. The van der Waals surface area contributed by atoms with Crippen molar-refractivity contribution in [1.82, 2.24) is 20.2 Å². The molecule has 0 unspecified atom stereocenters. The van der Waals surface area contributed by atoms with Gasteiger partial charge in [-0.15, -0.1) is 36.2 Å². The largest absolute Gasteiger partial charge is 0.342 e. The zero-order chi connectivity index (χ0) is 16.1. The van der Waals surface area contributed by atoms with Gasteiger partial charge in [0.2, 0.25) is 5.91 Å². The summed E-state index contributed by atoms with van der Waals surface area (Å²) < 4.78 is 0. The normalized spacial score (nSPS) is 14.5. The van der Waals surface area contributed by atoms with Crippen molar-refractivity contribution in [2.75, 3.05) is 26.7 Å². The van der Waals surface area contributed by atoms with Gasteiger partial charge >= 0.3 is 0 Å². The van der Waals surface area contributed by atoms with E-state index in [0.717, 1.165) is 48.7 Å². The smallest absolute Gasteiger partial charge is 0.228 e. The number of rotatable bonds is 5. The lowest BCUT2D eigenvalue weighted by Crippen LogP contribution is -2.41. The molecule has 0 aromatic carbocycles. The standard InChI is InChI=1S/C17H22N4OS.2ClH/c1-18-10-13-4-7-21(8-5-13)16(22)9-15-12-23-17(20-15)14-3-2-6-19-11-14;;/h2-3,6,11-13,18H,4-5,7-10H2,1H3;2*1H. The van der Waals surface area contributed by atoms with Gasteiger partial charge in [0.1, 0.15) is 5.01 Å². The number of halogens is 2. The van der Waals surface area contributed by atoms with Crippen molar-refractivity contribution in [2.24, 2.45) is 5.92 Å². The van der Waals surface area contributed by atoms with Crippen molar-refractivity contribution in [1.29, 1.82) is 0 Å². The molecule has 3 heterocycles. The Labute approximate surface area is 165 Å². The van der Waals surface area contributed by atoms with Gasteiger partial charge in [-0.1, -0.05) is 0 Å². The highest BCUT2D eigenvalue weighted by molar-refractivity contribution is 7.13. The first-order valence-corrected chi connectivity index (χ1v) is 8.91. The van der Waals surface area contributed by atoms with E-state index in [0.29, 0.717) is 12.3 Å². The highest BCUT2D eigenvalue weighted by Crippen LogP contribution is 2.23. The molecule has 1 aliphatic heterocycles. The average Bonchev–Trinajstić information content (AvgIpc) is 3.05. The number of carbonyl (C=O) groups excluding carboxylic acids is 1. The topological polar surface area (TPSA) is 58.1 Å². The van der Waals surface area contributed by atoms with Crippen LogP contribution in [-0.4, -0.2) is 47.5 Å². The molecular formula is C17H24Cl2N4OS. The molecule has 1 N–H and O–H groups in total. The molecule has 0 bridgehead atoms. The number of likely N-dealkylation sites (tertiary alicyclic amines) is 1. The number of amides is 1. The second kappa shape index (κ2) is 10.7. The Morgan fingerprint density at radius 2 is 2.12 bits per heavy atom. The summed E-state index contributed by atoms with van der Waals surface area (Å²) in [7, 11) is 1.99. The summed E-state index contributed by atoms with van der Waals surface area (Å²) >= 11 is 1.57. The summed E-state index contributed by atoms with van der Waals surface area (Å²) in [6, 6.07) is 3.89. The third kappa shape index (κ3) is 5.92. The van der Waals surface area contributed by atoms with Gasteiger partial charge in [0.15, 0.2) is 0 Å². The second-order valence-corrected chi connectivity index (χ2v) is 6.80. The fraction of sp³-hybridized carbons (Fsp3) is 0.471. The van der Waals surface area contributed by atoms with E-state index in [-0.39, 0.29) is 30.7 Å². The Morgan fingerprint density at radius 3 is 2.76 bits per heavy atom. The molecule has 0 spiro atoms. The Bertz CT molecular complexity index is 645. The predicted molar refractivity (Wildman–Crippen MR) is 107 cm³/mol. The highest BCUT2D eigenvalue weighted by Gasteiger charge is 2.23. The number of nitrogens with one attached hydrogen (secondary N) is 1. The molecule has 5 nitrogen and oxygen atoms in total. The minimum atomic E-state index is 0. The number of pyridine rings is 1. The fourth-order valence-electron chi connectivity index (χ4n) is 2.95. The lowest BCUT2D eigenvalue weighted by Gasteiger charge is -2.31. The van der Waals surface area contributed by atoms with Crippen LogP contribution in [0.25, 0.3) is 10.6 Å². The van der Waals surface area contributed by atoms with E-state index in [4.69, 9.17) is 0 Å². The molecule has 25 heavy (non-hydrogen) atoms. The monoisotopic (exact) mass is 402 g/mol. The minimum Gasteiger partial charge on any atom is -0.342 e. The van der Waals surface area contributed by atoms with Gasteiger partial charge in [0.05, 0.1) is 12.1 Å². The van der Waals surface area contributed by atoms with E-state index in [1.807, 2.05) is 29.5 Å². The van der Waals surface area contributed by atoms with Crippen LogP contribution in [0.1, 0.15) is 18.5 Å². The summed E-state index contributed by atoms with van der Waals surface area (Å²) in [6.45, 7) is 2.78. The third-order valence-electron chi connectivity index (χ3n) is 4.25. The molecule has 1 saturated heterocycles. The SMILES string of the molecule is CNCC1CCN(C(=O)Cc2csc(-c3cccnc3)n2)CC1.Cl.Cl. The van der Waals surface area contributed by atoms with Crippen LogP contribution in [-0.2, 0) is 11.2 Å². The van der Waals surface area contributed by atoms with Gasteiger partial charge in [-0.3, -0.25) is 9.78 Å². The van der Waals surface area contributed by atoms with Crippen molar-refractivity contribution >= 4 is 42.1 Å². The van der Waals surface area contributed by atoms with E-state index in [1.165, 1.54) is 0 Å². The van der Waals surface area contributed by atoms with E-state index in [9.17, 15) is 4.79 Å². The second-order valence-electron chi connectivity index (χ2n) is 5.94. The van der Waals surface area contributed by atoms with Crippen LogP contribution >= 0.6 is 36.2 Å². The van der Waals surface area contributed by atoms with Crippen LogP contribution in [0.3, 0.4) is 0 Å². The van der Waals surface area contributed by atoms with Crippen LogP contribution in [0, 0.1) is 5.92 Å². The van der Waals surface area contributed by atoms with E-state index in [1.54, 1.807) is 23.7 Å². The van der Waals surface area contributed by atoms with Gasteiger partial charge in [-0.2, -0.15) is 0 Å².